The van der Waals surface area contributed by atoms with Crippen LogP contribution in [0.5, 0.6) is 5.75 Å². The van der Waals surface area contributed by atoms with Crippen molar-refractivity contribution in [1.82, 2.24) is 5.32 Å². The third-order valence-corrected chi connectivity index (χ3v) is 1.68. The summed E-state index contributed by atoms with van der Waals surface area (Å²) in [7, 11) is 0. The van der Waals surface area contributed by atoms with Gasteiger partial charge in [0.15, 0.2) is 0 Å². The number of hydrogen-bond acceptors (Lipinski definition) is 3. The Hall–Kier alpha value is -1.75. The molecule has 0 aliphatic carbocycles. The summed E-state index contributed by atoms with van der Waals surface area (Å²) in [6, 6.07) is 2.91. The first kappa shape index (κ1) is 10.3. The average Bonchev–Trinajstić information content (AvgIpc) is 2.01. The lowest BCUT2D eigenvalue weighted by Gasteiger charge is -2.03. The van der Waals surface area contributed by atoms with E-state index in [1.807, 2.05) is 5.32 Å². The lowest BCUT2D eigenvalue weighted by atomic mass is 10.2. The lowest BCUT2D eigenvalue weighted by molar-refractivity contribution is 0.0963. The Kier molecular flexibility index (Phi) is 2.93. The third kappa shape index (κ3) is 2.37. The maximum Gasteiger partial charge on any atom is 0.319 e. The first-order valence-electron chi connectivity index (χ1n) is 3.60. The van der Waals surface area contributed by atoms with Gasteiger partial charge in [-0.15, -0.1) is 0 Å². The maximum absolute atomic E-state index is 11.2. The smallest absolute Gasteiger partial charge is 0.319 e. The van der Waals surface area contributed by atoms with Gasteiger partial charge in [-0.25, -0.2) is 4.79 Å². The molecule has 14 heavy (non-hydrogen) atoms. The molecule has 0 aliphatic rings. The summed E-state index contributed by atoms with van der Waals surface area (Å²) in [6.45, 7) is 0. The van der Waals surface area contributed by atoms with Gasteiger partial charge in [0.25, 0.3) is 5.91 Å². The molecule has 0 bridgehead atoms. The third-order valence-electron chi connectivity index (χ3n) is 1.44. The number of carbonyl (C=O) groups excluding carboxylic acids is 2. The van der Waals surface area contributed by atoms with E-state index in [9.17, 15) is 14.7 Å². The first-order chi connectivity index (χ1) is 6.50. The summed E-state index contributed by atoms with van der Waals surface area (Å²) in [5.41, 5.74) is 4.67. The molecule has 0 spiro atoms. The van der Waals surface area contributed by atoms with Crippen molar-refractivity contribution in [3.63, 3.8) is 0 Å². The Bertz CT molecular complexity index is 392. The van der Waals surface area contributed by atoms with E-state index in [1.54, 1.807) is 0 Å². The second-order valence-electron chi connectivity index (χ2n) is 2.48. The number of nitrogens with one attached hydrogen (secondary N) is 1. The average molecular weight is 215 g/mol. The zero-order valence-corrected chi connectivity index (χ0v) is 7.71. The van der Waals surface area contributed by atoms with Crippen LogP contribution in [0.1, 0.15) is 10.4 Å². The summed E-state index contributed by atoms with van der Waals surface area (Å²) in [4.78, 5) is 21.5. The second-order valence-corrected chi connectivity index (χ2v) is 2.92. The lowest BCUT2D eigenvalue weighted by Crippen LogP contribution is -2.34. The number of primary amides is 1. The van der Waals surface area contributed by atoms with Gasteiger partial charge in [-0.3, -0.25) is 10.1 Å². The Morgan fingerprint density at radius 1 is 1.43 bits per heavy atom. The van der Waals surface area contributed by atoms with Crippen LogP contribution in [0, 0.1) is 0 Å². The molecule has 74 valence electrons. The number of aromatic hydroxyl groups is 1. The minimum absolute atomic E-state index is 0.0619. The largest absolute Gasteiger partial charge is 0.507 e. The predicted octanol–water partition coefficient (Wildman–Crippen LogP) is 0.854. The van der Waals surface area contributed by atoms with E-state index in [4.69, 9.17) is 17.3 Å². The van der Waals surface area contributed by atoms with Gasteiger partial charge >= 0.3 is 6.03 Å². The van der Waals surface area contributed by atoms with Crippen molar-refractivity contribution in [1.29, 1.82) is 0 Å². The van der Waals surface area contributed by atoms with E-state index >= 15 is 0 Å². The van der Waals surface area contributed by atoms with E-state index < -0.39 is 11.9 Å². The molecule has 0 radical (unpaired) electrons. The Morgan fingerprint density at radius 3 is 2.57 bits per heavy atom. The normalized spacial score (nSPS) is 9.50. The van der Waals surface area contributed by atoms with Crippen LogP contribution in [-0.2, 0) is 0 Å². The molecule has 3 amide bonds. The minimum atomic E-state index is -0.982. The summed E-state index contributed by atoms with van der Waals surface area (Å²) in [5.74, 6) is -1.08. The predicted molar refractivity (Wildman–Crippen MR) is 50.2 cm³/mol. The van der Waals surface area contributed by atoms with Gasteiger partial charge in [0.2, 0.25) is 0 Å². The van der Waals surface area contributed by atoms with Crippen molar-refractivity contribution in [2.45, 2.75) is 0 Å². The van der Waals surface area contributed by atoms with Gasteiger partial charge in [-0.1, -0.05) is 11.6 Å². The Labute approximate surface area is 84.5 Å². The quantitative estimate of drug-likeness (QED) is 0.647. The highest BCUT2D eigenvalue weighted by Crippen LogP contribution is 2.21. The fraction of sp³-hybridized carbons (Fsp3) is 0. The van der Waals surface area contributed by atoms with E-state index in [0.717, 1.165) is 0 Å². The molecular weight excluding hydrogens is 208 g/mol. The van der Waals surface area contributed by atoms with Crippen molar-refractivity contribution in [2.24, 2.45) is 5.73 Å². The first-order valence-corrected chi connectivity index (χ1v) is 3.98. The van der Waals surface area contributed by atoms with Gasteiger partial charge in [0, 0.05) is 5.02 Å². The number of hydrogen-bond donors (Lipinski definition) is 3. The second kappa shape index (κ2) is 3.97. The maximum atomic E-state index is 11.2. The summed E-state index contributed by atoms with van der Waals surface area (Å²) < 4.78 is 0. The number of nitrogens with two attached hydrogens (primary N) is 1. The van der Waals surface area contributed by atoms with Crippen molar-refractivity contribution >= 4 is 23.5 Å². The SMILES string of the molecule is NC(=O)NC(=O)c1ccc(Cl)cc1O. The Morgan fingerprint density at radius 2 is 2.07 bits per heavy atom. The number of phenolic OH excluding ortho intramolecular Hbond substituents is 1. The number of imide groups is 1. The standard InChI is InChI=1S/C8H7ClN2O3/c9-4-1-2-5(6(12)3-4)7(13)11-8(10)14/h1-3,12H,(H3,10,11,13,14). The Balaban J connectivity index is 2.96. The number of benzene rings is 1. The molecule has 4 N–H and O–H groups in total. The monoisotopic (exact) mass is 214 g/mol. The van der Waals surface area contributed by atoms with E-state index in [2.05, 4.69) is 0 Å². The van der Waals surface area contributed by atoms with Crippen LogP contribution in [0.15, 0.2) is 18.2 Å². The molecule has 6 heteroatoms. The molecule has 0 heterocycles. The van der Waals surface area contributed by atoms with Crippen LogP contribution in [-0.4, -0.2) is 17.0 Å². The highest BCUT2D eigenvalue weighted by Gasteiger charge is 2.12. The molecule has 1 aromatic carbocycles. The van der Waals surface area contributed by atoms with E-state index in [0.29, 0.717) is 0 Å². The topological polar surface area (TPSA) is 92.4 Å². The molecule has 0 saturated carbocycles. The van der Waals surface area contributed by atoms with Gasteiger partial charge in [-0.2, -0.15) is 0 Å². The molecule has 5 nitrogen and oxygen atoms in total. The number of urea groups is 1. The van der Waals surface area contributed by atoms with Crippen molar-refractivity contribution in [3.05, 3.63) is 28.8 Å². The molecular formula is C8H7ClN2O3. The summed E-state index contributed by atoms with van der Waals surface area (Å²) >= 11 is 5.54. The number of amides is 3. The van der Waals surface area contributed by atoms with Gasteiger partial charge in [0.05, 0.1) is 5.56 Å². The zero-order chi connectivity index (χ0) is 10.7. The summed E-state index contributed by atoms with van der Waals surface area (Å²) in [5, 5.41) is 11.4. The molecule has 0 unspecified atom stereocenters. The molecule has 0 aromatic heterocycles. The number of rotatable bonds is 1. The van der Waals surface area contributed by atoms with Crippen LogP contribution >= 0.6 is 11.6 Å². The van der Waals surface area contributed by atoms with Crippen LogP contribution in [0.3, 0.4) is 0 Å². The highest BCUT2D eigenvalue weighted by molar-refractivity contribution is 6.30. The molecule has 0 aliphatic heterocycles. The van der Waals surface area contributed by atoms with Gasteiger partial charge < -0.3 is 10.8 Å². The zero-order valence-electron chi connectivity index (χ0n) is 6.95. The molecule has 1 aromatic rings. The van der Waals surface area contributed by atoms with Crippen LogP contribution in [0.4, 0.5) is 4.79 Å². The molecule has 0 atom stereocenters. The fourth-order valence-electron chi connectivity index (χ4n) is 0.876. The van der Waals surface area contributed by atoms with Crippen molar-refractivity contribution in [3.8, 4) is 5.75 Å². The minimum Gasteiger partial charge on any atom is -0.507 e. The van der Waals surface area contributed by atoms with Crippen LogP contribution in [0.2, 0.25) is 5.02 Å². The number of carbonyl (C=O) groups is 2. The van der Waals surface area contributed by atoms with Crippen molar-refractivity contribution in [2.75, 3.05) is 0 Å². The number of phenols is 1. The van der Waals surface area contributed by atoms with Gasteiger partial charge in [0.1, 0.15) is 5.75 Å². The van der Waals surface area contributed by atoms with Crippen molar-refractivity contribution < 1.29 is 14.7 Å². The number of halogens is 1. The van der Waals surface area contributed by atoms with Gasteiger partial charge in [-0.05, 0) is 18.2 Å². The fourth-order valence-corrected chi connectivity index (χ4v) is 1.04. The molecule has 0 fully saturated rings. The highest BCUT2D eigenvalue weighted by atomic mass is 35.5. The molecule has 1 rings (SSSR count). The summed E-state index contributed by atoms with van der Waals surface area (Å²) in [6.07, 6.45) is 0. The van der Waals surface area contributed by atoms with Crippen LogP contribution in [0.25, 0.3) is 0 Å². The van der Waals surface area contributed by atoms with Crippen LogP contribution < -0.4 is 11.1 Å². The molecule has 0 saturated heterocycles. The van der Waals surface area contributed by atoms with E-state index in [1.165, 1.54) is 18.2 Å². The van der Waals surface area contributed by atoms with E-state index in [-0.39, 0.29) is 16.3 Å².